The molecule has 1 heterocycles. The van der Waals surface area contributed by atoms with Gasteiger partial charge in [0.15, 0.2) is 4.32 Å². The highest BCUT2D eigenvalue weighted by Crippen LogP contribution is 2.38. The van der Waals surface area contributed by atoms with Crippen molar-refractivity contribution in [3.05, 3.63) is 63.0 Å². The van der Waals surface area contributed by atoms with Gasteiger partial charge < -0.3 is 9.47 Å². The summed E-state index contributed by atoms with van der Waals surface area (Å²) in [6.45, 7) is 4.77. The highest BCUT2D eigenvalue weighted by molar-refractivity contribution is 8.27. The number of rotatable bonds is 7. The first kappa shape index (κ1) is 20.8. The highest BCUT2D eigenvalue weighted by atomic mass is 32.2. The lowest BCUT2D eigenvalue weighted by atomic mass is 10.1. The van der Waals surface area contributed by atoms with Gasteiger partial charge in [0.1, 0.15) is 11.5 Å². The van der Waals surface area contributed by atoms with Crippen LogP contribution in [0.15, 0.2) is 47.4 Å². The van der Waals surface area contributed by atoms with Crippen molar-refractivity contribution in [3.8, 4) is 11.5 Å². The lowest BCUT2D eigenvalue weighted by Crippen LogP contribution is -2.27. The van der Waals surface area contributed by atoms with Gasteiger partial charge >= 0.3 is 0 Å². The van der Waals surface area contributed by atoms with Crippen LogP contribution in [0.4, 0.5) is 11.4 Å². The molecule has 3 rings (SSSR count). The van der Waals surface area contributed by atoms with E-state index >= 15 is 0 Å². The minimum absolute atomic E-state index is 0.106. The summed E-state index contributed by atoms with van der Waals surface area (Å²) in [5, 5.41) is 11.0. The number of amides is 1. The maximum absolute atomic E-state index is 13.0. The van der Waals surface area contributed by atoms with E-state index in [1.807, 2.05) is 19.9 Å². The molecule has 1 aliphatic heterocycles. The van der Waals surface area contributed by atoms with Crippen molar-refractivity contribution in [2.24, 2.45) is 0 Å². The largest absolute Gasteiger partial charge is 0.494 e. The predicted octanol–water partition coefficient (Wildman–Crippen LogP) is 4.80. The number of non-ortho nitro benzene ring substituents is 1. The first-order chi connectivity index (χ1) is 13.9. The van der Waals surface area contributed by atoms with Gasteiger partial charge in [0.05, 0.1) is 28.7 Å². The average molecular weight is 431 g/mol. The number of carbonyl (C=O) groups excluding carboxylic acids is 1. The Labute approximate surface area is 177 Å². The van der Waals surface area contributed by atoms with Crippen LogP contribution in [0.3, 0.4) is 0 Å². The molecular weight excluding hydrogens is 412 g/mol. The van der Waals surface area contributed by atoms with E-state index in [2.05, 4.69) is 0 Å². The molecule has 0 atom stereocenters. The Bertz CT molecular complexity index is 1010. The van der Waals surface area contributed by atoms with Crippen molar-refractivity contribution in [1.29, 1.82) is 0 Å². The van der Waals surface area contributed by atoms with E-state index in [-0.39, 0.29) is 11.6 Å². The quantitative estimate of drug-likeness (QED) is 0.270. The lowest BCUT2D eigenvalue weighted by Gasteiger charge is -2.14. The summed E-state index contributed by atoms with van der Waals surface area (Å²) in [6, 6.07) is 11.2. The molecule has 1 amide bonds. The zero-order valence-electron chi connectivity index (χ0n) is 15.8. The molecule has 0 radical (unpaired) electrons. The Morgan fingerprint density at radius 2 is 1.93 bits per heavy atom. The second-order valence-corrected chi connectivity index (χ2v) is 7.54. The molecule has 0 aromatic heterocycles. The molecule has 0 spiro atoms. The van der Waals surface area contributed by atoms with Crippen LogP contribution in [0.1, 0.15) is 19.4 Å². The summed E-state index contributed by atoms with van der Waals surface area (Å²) in [5.74, 6) is 0.938. The number of thioether (sulfide) groups is 1. The third-order valence-electron chi connectivity index (χ3n) is 3.97. The molecule has 0 aliphatic carbocycles. The molecule has 0 bridgehead atoms. The average Bonchev–Trinajstić information content (AvgIpc) is 2.97. The molecule has 7 nitrogen and oxygen atoms in total. The van der Waals surface area contributed by atoms with E-state index in [1.165, 1.54) is 23.1 Å². The van der Waals surface area contributed by atoms with E-state index in [4.69, 9.17) is 21.7 Å². The van der Waals surface area contributed by atoms with Gasteiger partial charge in [-0.2, -0.15) is 0 Å². The number of nitro groups is 1. The van der Waals surface area contributed by atoms with Crippen molar-refractivity contribution >= 4 is 51.7 Å². The van der Waals surface area contributed by atoms with Gasteiger partial charge in [-0.25, -0.2) is 0 Å². The van der Waals surface area contributed by atoms with Gasteiger partial charge in [0.25, 0.3) is 11.6 Å². The maximum Gasteiger partial charge on any atom is 0.271 e. The first-order valence-corrected chi connectivity index (χ1v) is 10.1. The van der Waals surface area contributed by atoms with Gasteiger partial charge in [0, 0.05) is 23.8 Å². The third kappa shape index (κ3) is 4.57. The Balaban J connectivity index is 1.94. The number of hydrogen-bond acceptors (Lipinski definition) is 7. The van der Waals surface area contributed by atoms with Crippen molar-refractivity contribution in [1.82, 2.24) is 0 Å². The zero-order chi connectivity index (χ0) is 21.0. The summed E-state index contributed by atoms with van der Waals surface area (Å²) in [6.07, 6.45) is 1.71. The minimum atomic E-state index is -0.509. The van der Waals surface area contributed by atoms with E-state index in [0.717, 1.165) is 17.3 Å². The van der Waals surface area contributed by atoms with Gasteiger partial charge in [-0.15, -0.1) is 0 Å². The summed E-state index contributed by atoms with van der Waals surface area (Å²) in [5.41, 5.74) is 0.974. The first-order valence-electron chi connectivity index (χ1n) is 8.86. The van der Waals surface area contributed by atoms with E-state index in [9.17, 15) is 14.9 Å². The smallest absolute Gasteiger partial charge is 0.271 e. The Kier molecular flexibility index (Phi) is 6.50. The Morgan fingerprint density at radius 3 is 2.62 bits per heavy atom. The normalized spacial score (nSPS) is 15.1. The van der Waals surface area contributed by atoms with Crippen LogP contribution in [-0.4, -0.2) is 28.4 Å². The van der Waals surface area contributed by atoms with E-state index in [1.54, 1.807) is 24.3 Å². The van der Waals surface area contributed by atoms with Gasteiger partial charge in [-0.1, -0.05) is 30.0 Å². The Hall–Kier alpha value is -2.91. The molecular formula is C20H18N2O5S2. The van der Waals surface area contributed by atoms with Crippen molar-refractivity contribution in [2.45, 2.75) is 13.8 Å². The fourth-order valence-electron chi connectivity index (χ4n) is 2.75. The molecule has 1 saturated heterocycles. The second kappa shape index (κ2) is 9.06. The van der Waals surface area contributed by atoms with Crippen LogP contribution in [0.5, 0.6) is 11.5 Å². The van der Waals surface area contributed by atoms with Crippen molar-refractivity contribution < 1.29 is 19.2 Å². The lowest BCUT2D eigenvalue weighted by molar-refractivity contribution is -0.384. The molecule has 9 heteroatoms. The Morgan fingerprint density at radius 1 is 1.17 bits per heavy atom. The minimum Gasteiger partial charge on any atom is -0.494 e. The summed E-state index contributed by atoms with van der Waals surface area (Å²) < 4.78 is 11.5. The summed E-state index contributed by atoms with van der Waals surface area (Å²) >= 11 is 6.49. The maximum atomic E-state index is 13.0. The highest BCUT2D eigenvalue weighted by Gasteiger charge is 2.34. The number of carbonyl (C=O) groups is 1. The van der Waals surface area contributed by atoms with Crippen molar-refractivity contribution in [2.75, 3.05) is 18.1 Å². The number of thiocarbonyl (C=S) groups is 1. The van der Waals surface area contributed by atoms with Gasteiger partial charge in [-0.3, -0.25) is 19.8 Å². The predicted molar refractivity (Wildman–Crippen MR) is 118 cm³/mol. The van der Waals surface area contributed by atoms with Crippen LogP contribution in [0.2, 0.25) is 0 Å². The molecule has 29 heavy (non-hydrogen) atoms. The zero-order valence-corrected chi connectivity index (χ0v) is 17.4. The monoisotopic (exact) mass is 430 g/mol. The molecule has 2 aromatic rings. The molecule has 0 N–H and O–H groups in total. The van der Waals surface area contributed by atoms with E-state index in [0.29, 0.717) is 39.6 Å². The van der Waals surface area contributed by atoms with Crippen molar-refractivity contribution in [3.63, 3.8) is 0 Å². The molecule has 1 aliphatic rings. The number of benzene rings is 2. The van der Waals surface area contributed by atoms with Crippen LogP contribution >= 0.6 is 24.0 Å². The summed E-state index contributed by atoms with van der Waals surface area (Å²) in [7, 11) is 0. The number of anilines is 1. The van der Waals surface area contributed by atoms with Crippen LogP contribution in [0, 0.1) is 10.1 Å². The molecule has 150 valence electrons. The second-order valence-electron chi connectivity index (χ2n) is 5.86. The SMILES string of the molecule is CCOc1ccc(/C=C2/SC(=S)N(c3cccc([N+](=O)[O-])c3)C2=O)c(OCC)c1. The number of hydrogen-bond donors (Lipinski definition) is 0. The van der Waals surface area contributed by atoms with Gasteiger partial charge in [0.2, 0.25) is 0 Å². The third-order valence-corrected chi connectivity index (χ3v) is 5.28. The fraction of sp³-hybridized carbons (Fsp3) is 0.200. The number of ether oxygens (including phenoxy) is 2. The van der Waals surface area contributed by atoms with Crippen LogP contribution in [-0.2, 0) is 4.79 Å². The number of nitro benzene ring substituents is 1. The van der Waals surface area contributed by atoms with Crippen LogP contribution in [0.25, 0.3) is 6.08 Å². The standard InChI is InChI=1S/C20H18N2O5S2/c1-3-26-16-9-8-13(17(12-16)27-4-2)10-18-19(23)21(20(28)29-18)14-6-5-7-15(11-14)22(24)25/h5-12H,3-4H2,1-2H3/b18-10+. The molecule has 0 saturated carbocycles. The van der Waals surface area contributed by atoms with Crippen LogP contribution < -0.4 is 14.4 Å². The molecule has 1 fully saturated rings. The summed E-state index contributed by atoms with van der Waals surface area (Å²) in [4.78, 5) is 25.2. The molecule has 0 unspecified atom stereocenters. The topological polar surface area (TPSA) is 81.9 Å². The van der Waals surface area contributed by atoms with Gasteiger partial charge in [-0.05, 0) is 38.1 Å². The number of nitrogens with zero attached hydrogens (tertiary/aromatic N) is 2. The molecule has 2 aromatic carbocycles. The van der Waals surface area contributed by atoms with E-state index < -0.39 is 4.92 Å². The fourth-order valence-corrected chi connectivity index (χ4v) is 4.04.